The van der Waals surface area contributed by atoms with Crippen LogP contribution in [0, 0.1) is 4.91 Å². The summed E-state index contributed by atoms with van der Waals surface area (Å²) in [6, 6.07) is 0. The molecule has 0 amide bonds. The molecule has 4 nitrogen and oxygen atoms in total. The van der Waals surface area contributed by atoms with Crippen LogP contribution in [-0.2, 0) is 10.7 Å². The smallest absolute Gasteiger partial charge is 0.277 e. The molecule has 1 aromatic heterocycles. The molecule has 0 unspecified atom stereocenters. The molecule has 0 aliphatic heterocycles. The third kappa shape index (κ3) is 2.33. The number of aromatic nitrogens is 2. The van der Waals surface area contributed by atoms with E-state index in [4.69, 9.17) is 0 Å². The highest BCUT2D eigenvalue weighted by Gasteiger charge is 2.39. The summed E-state index contributed by atoms with van der Waals surface area (Å²) in [5, 5.41) is 11.1. The molecule has 18 heavy (non-hydrogen) atoms. The van der Waals surface area contributed by atoms with E-state index in [1.165, 1.54) is 0 Å². The van der Waals surface area contributed by atoms with Gasteiger partial charge in [-0.3, -0.25) is 0 Å². The molecule has 8 heteroatoms. The van der Waals surface area contributed by atoms with Crippen LogP contribution in [0.4, 0.5) is 0 Å². The normalized spacial score (nSPS) is 22.9. The van der Waals surface area contributed by atoms with Crippen molar-refractivity contribution in [3.63, 3.8) is 0 Å². The first-order valence-electron chi connectivity index (χ1n) is 5.35. The fourth-order valence-corrected chi connectivity index (χ4v) is 4.65. The number of alkyl halides is 4. The summed E-state index contributed by atoms with van der Waals surface area (Å²) in [4.78, 5) is 12.4. The molecule has 1 aliphatic rings. The Balaban J connectivity index is 2.83. The van der Waals surface area contributed by atoms with E-state index in [9.17, 15) is 10.1 Å². The molecular formula is C10H11Br4N2O2+. The molecule has 0 fully saturated rings. The second-order valence-corrected chi connectivity index (χ2v) is 7.38. The summed E-state index contributed by atoms with van der Waals surface area (Å²) in [6.45, 7) is 0. The Kier molecular flexibility index (Phi) is 4.94. The van der Waals surface area contributed by atoms with Crippen molar-refractivity contribution in [1.29, 1.82) is 0 Å². The lowest BCUT2D eigenvalue weighted by Crippen LogP contribution is -2.36. The predicted molar refractivity (Wildman–Crippen MR) is 82.8 cm³/mol. The van der Waals surface area contributed by atoms with E-state index < -0.39 is 0 Å². The third-order valence-corrected chi connectivity index (χ3v) is 5.91. The molecule has 100 valence electrons. The molecule has 1 N–H and O–H groups in total. The van der Waals surface area contributed by atoms with E-state index in [0.29, 0.717) is 33.4 Å². The molecule has 0 aromatic carbocycles. The molecule has 0 spiro atoms. The fraction of sp³-hybridized carbons (Fsp3) is 0.600. The minimum atomic E-state index is -0.0284. The van der Waals surface area contributed by atoms with Gasteiger partial charge in [0.25, 0.3) is 11.4 Å². The van der Waals surface area contributed by atoms with Gasteiger partial charge in [-0.25, -0.2) is 0 Å². The van der Waals surface area contributed by atoms with Gasteiger partial charge in [-0.1, -0.05) is 63.7 Å². The zero-order valence-corrected chi connectivity index (χ0v) is 15.6. The van der Waals surface area contributed by atoms with E-state index in [2.05, 4.69) is 63.7 Å². The average molecular weight is 511 g/mol. The summed E-state index contributed by atoms with van der Waals surface area (Å²) in [7, 11) is 0. The van der Waals surface area contributed by atoms with Gasteiger partial charge in [-0.05, 0) is 12.8 Å². The van der Waals surface area contributed by atoms with Gasteiger partial charge in [0.05, 0.1) is 19.9 Å². The van der Waals surface area contributed by atoms with Crippen molar-refractivity contribution >= 4 is 63.7 Å². The molecule has 0 bridgehead atoms. The summed E-state index contributed by atoms with van der Waals surface area (Å²) < 4.78 is 2.07. The monoisotopic (exact) mass is 507 g/mol. The maximum atomic E-state index is 12.4. The van der Waals surface area contributed by atoms with E-state index in [-0.39, 0.29) is 9.65 Å². The molecule has 1 aliphatic carbocycles. The summed E-state index contributed by atoms with van der Waals surface area (Å²) in [5.41, 5.74) is 2.33. The van der Waals surface area contributed by atoms with Crippen molar-refractivity contribution in [1.82, 2.24) is 4.73 Å². The molecule has 1 heterocycles. The van der Waals surface area contributed by atoms with Gasteiger partial charge in [0, 0.05) is 4.91 Å². The average Bonchev–Trinajstić information content (AvgIpc) is 2.35. The van der Waals surface area contributed by atoms with Crippen LogP contribution in [0.1, 0.15) is 45.3 Å². The summed E-state index contributed by atoms with van der Waals surface area (Å²) in [6.07, 6.45) is 1.74. The summed E-state index contributed by atoms with van der Waals surface area (Å²) in [5.74, 6) is 0. The van der Waals surface area contributed by atoms with Crippen molar-refractivity contribution in [3.05, 3.63) is 27.7 Å². The quantitative estimate of drug-likeness (QED) is 0.370. The van der Waals surface area contributed by atoms with Gasteiger partial charge >= 0.3 is 0 Å². The van der Waals surface area contributed by atoms with Crippen LogP contribution in [0.3, 0.4) is 0 Å². The Morgan fingerprint density at radius 3 is 2.39 bits per heavy atom. The second-order valence-electron chi connectivity index (χ2n) is 4.05. The molecule has 0 saturated heterocycles. The fourth-order valence-electron chi connectivity index (χ4n) is 2.15. The van der Waals surface area contributed by atoms with Crippen molar-refractivity contribution in [2.75, 3.05) is 0 Å². The van der Waals surface area contributed by atoms with E-state index in [1.807, 2.05) is 0 Å². The van der Waals surface area contributed by atoms with Gasteiger partial charge < -0.3 is 5.21 Å². The molecule has 2 rings (SSSR count). The highest BCUT2D eigenvalue weighted by molar-refractivity contribution is 9.09. The maximum Gasteiger partial charge on any atom is 0.277 e. The van der Waals surface area contributed by atoms with Crippen LogP contribution in [0.5, 0.6) is 0 Å². The van der Waals surface area contributed by atoms with Crippen LogP contribution >= 0.6 is 63.7 Å². The number of fused-ring (bicyclic) bond motifs is 1. The second kappa shape index (κ2) is 5.93. The Morgan fingerprint density at radius 1 is 1.22 bits per heavy atom. The molecule has 2 atom stereocenters. The third-order valence-electron chi connectivity index (χ3n) is 3.06. The van der Waals surface area contributed by atoms with Gasteiger partial charge in [0.15, 0.2) is 0 Å². The Bertz CT molecular complexity index is 532. The van der Waals surface area contributed by atoms with E-state index >= 15 is 0 Å². The molecule has 1 aromatic rings. The first-order chi connectivity index (χ1) is 8.52. The van der Waals surface area contributed by atoms with Crippen LogP contribution in [0.25, 0.3) is 0 Å². The topological polar surface area (TPSA) is 48.1 Å². The highest BCUT2D eigenvalue weighted by Crippen LogP contribution is 2.43. The minimum absolute atomic E-state index is 0.00586. The number of hydrogen-bond acceptors (Lipinski definition) is 2. The van der Waals surface area contributed by atoms with Crippen molar-refractivity contribution in [3.8, 4) is 0 Å². The Hall–Kier alpha value is 0.600. The molecule has 0 radical (unpaired) electrons. The Morgan fingerprint density at radius 2 is 1.83 bits per heavy atom. The SMILES string of the molecule is O=[n+]1c(CBr)c(CBr)n(O)c2c1[C@H](Br)CC[C@H]2Br. The van der Waals surface area contributed by atoms with Gasteiger partial charge in [-0.15, -0.1) is 0 Å². The van der Waals surface area contributed by atoms with E-state index in [1.54, 1.807) is 0 Å². The lowest BCUT2D eigenvalue weighted by Gasteiger charge is -2.22. The van der Waals surface area contributed by atoms with Crippen molar-refractivity contribution < 1.29 is 9.63 Å². The molecular weight excluding hydrogens is 500 g/mol. The number of rotatable bonds is 2. The zero-order chi connectivity index (χ0) is 13.4. The first-order valence-corrected chi connectivity index (χ1v) is 9.42. The van der Waals surface area contributed by atoms with Gasteiger partial charge in [0.2, 0.25) is 0 Å². The van der Waals surface area contributed by atoms with Crippen LogP contribution in [-0.4, -0.2) is 9.94 Å². The van der Waals surface area contributed by atoms with Gasteiger partial charge in [-0.2, -0.15) is 4.73 Å². The standard InChI is InChI=1S/C10H11Br4N2O2/c11-3-7-8(4-12)16(18)10-6(14)2-1-5(13)9(10)15(7)17/h5-6,17H,1-4H2/q+1/t5-,6-/m1/s1. The molecule has 0 saturated carbocycles. The largest absolute Gasteiger partial charge is 0.428 e. The van der Waals surface area contributed by atoms with Crippen LogP contribution < -0.4 is 4.43 Å². The number of hydrogen-bond donors (Lipinski definition) is 1. The summed E-state index contributed by atoms with van der Waals surface area (Å²) >= 11 is 13.7. The van der Waals surface area contributed by atoms with Crippen LogP contribution in [0.2, 0.25) is 0 Å². The van der Waals surface area contributed by atoms with Crippen molar-refractivity contribution in [2.24, 2.45) is 0 Å². The first kappa shape index (κ1) is 15.0. The highest BCUT2D eigenvalue weighted by atomic mass is 79.9. The van der Waals surface area contributed by atoms with Crippen LogP contribution in [0.15, 0.2) is 0 Å². The number of nitrogens with zero attached hydrogens (tertiary/aromatic N) is 2. The van der Waals surface area contributed by atoms with Crippen molar-refractivity contribution in [2.45, 2.75) is 33.2 Å². The predicted octanol–water partition coefficient (Wildman–Crippen LogP) is 4.10. The maximum absolute atomic E-state index is 12.4. The lowest BCUT2D eigenvalue weighted by atomic mass is 9.99. The zero-order valence-electron chi connectivity index (χ0n) is 9.24. The van der Waals surface area contributed by atoms with E-state index in [0.717, 1.165) is 22.0 Å². The minimum Gasteiger partial charge on any atom is -0.428 e. The van der Waals surface area contributed by atoms with Gasteiger partial charge in [0.1, 0.15) is 16.2 Å². The lowest BCUT2D eigenvalue weighted by molar-refractivity contribution is -0.516. The Labute approximate surface area is 138 Å². The number of halogens is 4.